The van der Waals surface area contributed by atoms with Gasteiger partial charge in [-0.2, -0.15) is 10.1 Å². The fraction of sp³-hybridized carbons (Fsp3) is 0.608. The molecule has 0 aliphatic carbocycles. The molecule has 2 aromatic carbocycles. The van der Waals surface area contributed by atoms with Crippen LogP contribution in [0.25, 0.3) is 0 Å². The highest BCUT2D eigenvalue weighted by atomic mass is 32.2. The van der Waals surface area contributed by atoms with Crippen LogP contribution in [0.3, 0.4) is 0 Å². The smallest absolute Gasteiger partial charge is 0.407 e. The largest absolute Gasteiger partial charge is 0.447 e. The van der Waals surface area contributed by atoms with Gasteiger partial charge >= 0.3 is 12.1 Å². The van der Waals surface area contributed by atoms with E-state index in [1.54, 1.807) is 58.0 Å². The fourth-order valence-corrected chi connectivity index (χ4v) is 9.48. The van der Waals surface area contributed by atoms with E-state index in [0.29, 0.717) is 44.1 Å². The molecule has 1 aliphatic rings. The zero-order valence-electron chi connectivity index (χ0n) is 43.9. The predicted molar refractivity (Wildman–Crippen MR) is 273 cm³/mol. The number of alkyl carbamates (subject to hydrolysis) is 1. The quantitative estimate of drug-likeness (QED) is 0.0383. The Morgan fingerprint density at radius 3 is 2.10 bits per heavy atom. The van der Waals surface area contributed by atoms with Gasteiger partial charge in [0.1, 0.15) is 34.2 Å². The Kier molecular flexibility index (Phi) is 23.7. The average Bonchev–Trinajstić information content (AvgIpc) is 3.71. The molecule has 0 fully saturated rings. The number of benzene rings is 2. The number of halogens is 2. The standard InChI is InChI=1S/C51H77F2N9O9S/c1-12-24-49(8,40(63)22-28-55-43(66)31-48(5,6)7)57-32-41(64)50(9,25-13-2)59-39(44(67)58-34(3)4)33-71-46(68)56-29-23-42(65)54-27-17-26-51(35-18-15-14-16-19-35)62(47(69)61(10)70-11)60-45(72-51)37-30-36(52)20-21-38(37)53/h14-16,18-21,30,34,39,57,59H,12-13,17,22-29,31-33H2,1-11H3,(H,54,65)(H,55,66)(H,56,68)(H,58,67)/t39?,49?,50?,51-/m0/s1. The highest BCUT2D eigenvalue weighted by Crippen LogP contribution is 2.51. The number of hydrogen-bond acceptors (Lipinski definition) is 13. The molecule has 6 amide bonds. The fourth-order valence-electron chi connectivity index (χ4n) is 8.06. The third-order valence-electron chi connectivity index (χ3n) is 11.9. The summed E-state index contributed by atoms with van der Waals surface area (Å²) in [5.41, 5.74) is -2.02. The molecule has 18 nitrogen and oxygen atoms in total. The SMILES string of the molecule is CCCC(C)(NCC(=O)C(C)(CCC)NC(COC(=O)NCCC(=O)NCCC[C@@]1(c2ccccc2)SC(c2cc(F)ccc2F)=NN1C(=O)N(C)OC)C(=O)NC(C)C)C(=O)CCNC(=O)CC(C)(C)C. The minimum absolute atomic E-state index is 0.0711. The molecule has 4 atom stereocenters. The number of Topliss-reactive ketones (excluding diaryl/α,β-unsaturated/α-hetero) is 2. The summed E-state index contributed by atoms with van der Waals surface area (Å²) in [6.07, 6.45) is 1.84. The lowest BCUT2D eigenvalue weighted by Crippen LogP contribution is -2.63. The minimum Gasteiger partial charge on any atom is -0.447 e. The molecular formula is C51H77F2N9O9S. The second-order valence-corrected chi connectivity index (χ2v) is 21.1. The predicted octanol–water partition coefficient (Wildman–Crippen LogP) is 6.42. The van der Waals surface area contributed by atoms with Gasteiger partial charge in [-0.1, -0.05) is 89.6 Å². The number of hydroxylamine groups is 2. The van der Waals surface area contributed by atoms with Crippen LogP contribution < -0.4 is 31.9 Å². The second kappa shape index (κ2) is 28.1. The Bertz CT molecular complexity index is 2220. The molecule has 2 aromatic rings. The van der Waals surface area contributed by atoms with Crippen LogP contribution in [0, 0.1) is 17.0 Å². The lowest BCUT2D eigenvalue weighted by Gasteiger charge is -2.37. The molecule has 0 bridgehead atoms. The number of rotatable bonds is 29. The van der Waals surface area contributed by atoms with E-state index in [-0.39, 0.29) is 85.0 Å². The van der Waals surface area contributed by atoms with Gasteiger partial charge in [0, 0.05) is 57.5 Å². The van der Waals surface area contributed by atoms with Crippen LogP contribution in [-0.4, -0.2) is 127 Å². The maximum absolute atomic E-state index is 15.1. The van der Waals surface area contributed by atoms with Gasteiger partial charge in [0.05, 0.1) is 24.7 Å². The average molecular weight is 1030 g/mol. The van der Waals surface area contributed by atoms with E-state index in [4.69, 9.17) is 9.57 Å². The van der Waals surface area contributed by atoms with Gasteiger partial charge in [-0.05, 0) is 82.6 Å². The van der Waals surface area contributed by atoms with Crippen molar-refractivity contribution in [3.05, 3.63) is 71.3 Å². The van der Waals surface area contributed by atoms with Crippen molar-refractivity contribution in [1.82, 2.24) is 42.0 Å². The van der Waals surface area contributed by atoms with Gasteiger partial charge < -0.3 is 26.0 Å². The van der Waals surface area contributed by atoms with Gasteiger partial charge in [-0.3, -0.25) is 39.4 Å². The summed E-state index contributed by atoms with van der Waals surface area (Å²) >= 11 is 1.08. The summed E-state index contributed by atoms with van der Waals surface area (Å²) < 4.78 is 34.9. The first kappa shape index (κ1) is 60.8. The summed E-state index contributed by atoms with van der Waals surface area (Å²) in [6, 6.07) is 9.81. The topological polar surface area (TPSA) is 229 Å². The number of urea groups is 1. The maximum Gasteiger partial charge on any atom is 0.407 e. The number of amides is 6. The number of hydrogen-bond donors (Lipinski definition) is 6. The Labute approximate surface area is 427 Å². The summed E-state index contributed by atoms with van der Waals surface area (Å²) in [5.74, 6) is -2.92. The molecule has 0 saturated heterocycles. The van der Waals surface area contributed by atoms with E-state index in [1.165, 1.54) is 19.2 Å². The molecule has 0 spiro atoms. The second-order valence-electron chi connectivity index (χ2n) is 19.8. The molecule has 6 N–H and O–H groups in total. The molecule has 3 unspecified atom stereocenters. The Morgan fingerprint density at radius 2 is 1.47 bits per heavy atom. The Hall–Kier alpha value is -5.51. The molecule has 1 aliphatic heterocycles. The van der Waals surface area contributed by atoms with Gasteiger partial charge in [0.2, 0.25) is 17.7 Å². The number of hydrazone groups is 1. The van der Waals surface area contributed by atoms with Crippen molar-refractivity contribution in [2.45, 2.75) is 148 Å². The summed E-state index contributed by atoms with van der Waals surface area (Å²) in [5, 5.41) is 24.0. The summed E-state index contributed by atoms with van der Waals surface area (Å²) in [6.45, 7) is 16.2. The van der Waals surface area contributed by atoms with Gasteiger partial charge in [0.15, 0.2) is 11.6 Å². The number of ether oxygens (including phenoxy) is 1. The van der Waals surface area contributed by atoms with Crippen LogP contribution in [-0.2, 0) is 38.4 Å². The van der Waals surface area contributed by atoms with Gasteiger partial charge in [-0.15, -0.1) is 0 Å². The number of carbonyl (C=O) groups excluding carboxylic acids is 7. The van der Waals surface area contributed by atoms with Crippen LogP contribution in [0.4, 0.5) is 18.4 Å². The molecule has 72 heavy (non-hydrogen) atoms. The van der Waals surface area contributed by atoms with Gasteiger partial charge in [-0.25, -0.2) is 23.4 Å². The van der Waals surface area contributed by atoms with Crippen LogP contribution >= 0.6 is 11.8 Å². The van der Waals surface area contributed by atoms with Crippen LogP contribution in [0.1, 0.15) is 131 Å². The zero-order valence-corrected chi connectivity index (χ0v) is 44.7. The molecule has 0 radical (unpaired) electrons. The lowest BCUT2D eigenvalue weighted by atomic mass is 9.86. The number of nitrogens with one attached hydrogen (secondary N) is 6. The first-order valence-electron chi connectivity index (χ1n) is 24.6. The minimum atomic E-state index is -1.28. The van der Waals surface area contributed by atoms with Crippen molar-refractivity contribution in [1.29, 1.82) is 0 Å². The first-order chi connectivity index (χ1) is 33.8. The molecule has 21 heteroatoms. The zero-order chi connectivity index (χ0) is 53.9. The molecule has 0 saturated carbocycles. The van der Waals surface area contributed by atoms with Crippen molar-refractivity contribution < 1.29 is 51.9 Å². The van der Waals surface area contributed by atoms with E-state index < -0.39 is 64.2 Å². The van der Waals surface area contributed by atoms with E-state index in [9.17, 15) is 38.0 Å². The molecule has 400 valence electrons. The number of carbonyl (C=O) groups is 7. The van der Waals surface area contributed by atoms with E-state index in [1.807, 2.05) is 34.6 Å². The molecule has 3 rings (SSSR count). The Morgan fingerprint density at radius 1 is 0.833 bits per heavy atom. The van der Waals surface area contributed by atoms with Crippen molar-refractivity contribution in [3.8, 4) is 0 Å². The van der Waals surface area contributed by atoms with E-state index >= 15 is 4.39 Å². The third kappa shape index (κ3) is 18.2. The van der Waals surface area contributed by atoms with Gasteiger partial charge in [0.25, 0.3) is 0 Å². The highest BCUT2D eigenvalue weighted by Gasteiger charge is 2.50. The van der Waals surface area contributed by atoms with Crippen molar-refractivity contribution in [2.24, 2.45) is 10.5 Å². The lowest BCUT2D eigenvalue weighted by molar-refractivity contribution is -0.129. The maximum atomic E-state index is 15.1. The van der Waals surface area contributed by atoms with Crippen LogP contribution in [0.2, 0.25) is 0 Å². The normalized spacial score (nSPS) is 16.7. The Balaban J connectivity index is 1.62. The third-order valence-corrected chi connectivity index (χ3v) is 13.3. The van der Waals surface area contributed by atoms with Crippen LogP contribution in [0.15, 0.2) is 53.6 Å². The molecule has 1 heterocycles. The van der Waals surface area contributed by atoms with Crippen LogP contribution in [0.5, 0.6) is 0 Å². The van der Waals surface area contributed by atoms with Crippen molar-refractivity contribution >= 4 is 58.2 Å². The van der Waals surface area contributed by atoms with Crippen molar-refractivity contribution in [3.63, 3.8) is 0 Å². The summed E-state index contributed by atoms with van der Waals surface area (Å²) in [7, 11) is 2.70. The highest BCUT2D eigenvalue weighted by molar-refractivity contribution is 8.15. The molecular weight excluding hydrogens is 953 g/mol. The van der Waals surface area contributed by atoms with E-state index in [0.717, 1.165) is 35.0 Å². The number of thioether (sulfide) groups is 1. The summed E-state index contributed by atoms with van der Waals surface area (Å²) in [4.78, 5) is 97.0. The molecule has 0 aromatic heterocycles. The van der Waals surface area contributed by atoms with Crippen molar-refractivity contribution in [2.75, 3.05) is 46.9 Å². The first-order valence-corrected chi connectivity index (χ1v) is 25.4. The van der Waals surface area contributed by atoms with E-state index in [2.05, 4.69) is 37.0 Å². The monoisotopic (exact) mass is 1030 g/mol. The number of ketones is 2. The number of nitrogens with zero attached hydrogens (tertiary/aromatic N) is 3.